The van der Waals surface area contributed by atoms with Crippen LogP contribution in [-0.2, 0) is 4.79 Å². The smallest absolute Gasteiger partial charge is 0.209 e. The molecule has 0 aromatic rings. The second kappa shape index (κ2) is 4.78. The third kappa shape index (κ3) is 2.27. The summed E-state index contributed by atoms with van der Waals surface area (Å²) in [4.78, 5) is 12.5. The van der Waals surface area contributed by atoms with Gasteiger partial charge in [-0.1, -0.05) is 0 Å². The first-order valence-corrected chi connectivity index (χ1v) is 5.80. The van der Waals surface area contributed by atoms with Crippen molar-refractivity contribution in [2.75, 3.05) is 26.2 Å². The van der Waals surface area contributed by atoms with Crippen LogP contribution in [0.3, 0.4) is 0 Å². The van der Waals surface area contributed by atoms with E-state index in [-0.39, 0.29) is 0 Å². The third-order valence-corrected chi connectivity index (χ3v) is 3.77. The van der Waals surface area contributed by atoms with Gasteiger partial charge in [0, 0.05) is 13.1 Å². The van der Waals surface area contributed by atoms with Crippen molar-refractivity contribution in [1.82, 2.24) is 10.2 Å². The summed E-state index contributed by atoms with van der Waals surface area (Å²) in [6.07, 6.45) is 6.13. The highest BCUT2D eigenvalue weighted by atomic mass is 16.1. The fourth-order valence-corrected chi connectivity index (χ4v) is 2.81. The van der Waals surface area contributed by atoms with Gasteiger partial charge in [-0.3, -0.25) is 4.79 Å². The third-order valence-electron chi connectivity index (χ3n) is 3.77. The van der Waals surface area contributed by atoms with Gasteiger partial charge in [0.15, 0.2) is 0 Å². The van der Waals surface area contributed by atoms with E-state index in [1.54, 1.807) is 0 Å². The van der Waals surface area contributed by atoms with Gasteiger partial charge in [-0.15, -0.1) is 0 Å². The quantitative estimate of drug-likeness (QED) is 0.664. The van der Waals surface area contributed by atoms with E-state index in [4.69, 9.17) is 0 Å². The molecule has 0 bridgehead atoms. The molecule has 2 fully saturated rings. The van der Waals surface area contributed by atoms with Crippen molar-refractivity contribution in [2.24, 2.45) is 11.8 Å². The average molecular weight is 196 g/mol. The van der Waals surface area contributed by atoms with Gasteiger partial charge in [-0.2, -0.15) is 0 Å². The first-order chi connectivity index (χ1) is 6.90. The van der Waals surface area contributed by atoms with Crippen LogP contribution in [0.4, 0.5) is 0 Å². The molecule has 1 N–H and O–H groups in total. The van der Waals surface area contributed by atoms with E-state index in [0.717, 1.165) is 31.3 Å². The van der Waals surface area contributed by atoms with E-state index in [1.807, 2.05) is 4.90 Å². The Hall–Kier alpha value is -0.570. The molecule has 0 spiro atoms. The Kier molecular flexibility index (Phi) is 3.40. The van der Waals surface area contributed by atoms with E-state index in [9.17, 15) is 4.79 Å². The molecule has 80 valence electrons. The van der Waals surface area contributed by atoms with Gasteiger partial charge in [0.1, 0.15) is 0 Å². The van der Waals surface area contributed by atoms with Crippen LogP contribution in [-0.4, -0.2) is 37.5 Å². The second-order valence-electron chi connectivity index (χ2n) is 4.57. The molecule has 3 heteroatoms. The van der Waals surface area contributed by atoms with Crippen LogP contribution in [0, 0.1) is 11.8 Å². The Morgan fingerprint density at radius 3 is 2.14 bits per heavy atom. The minimum absolute atomic E-state index is 0.883. The molecular formula is C11H20N2O. The van der Waals surface area contributed by atoms with Crippen molar-refractivity contribution in [1.29, 1.82) is 0 Å². The van der Waals surface area contributed by atoms with E-state index in [1.165, 1.54) is 38.8 Å². The van der Waals surface area contributed by atoms with Crippen LogP contribution in [0.15, 0.2) is 0 Å². The van der Waals surface area contributed by atoms with Crippen LogP contribution in [0.2, 0.25) is 0 Å². The number of amides is 1. The highest BCUT2D eigenvalue weighted by Crippen LogP contribution is 2.30. The summed E-state index contributed by atoms with van der Waals surface area (Å²) in [6.45, 7) is 4.35. The molecule has 0 aliphatic carbocycles. The summed E-state index contributed by atoms with van der Waals surface area (Å²) >= 11 is 0. The highest BCUT2D eigenvalue weighted by Gasteiger charge is 2.26. The molecule has 3 nitrogen and oxygen atoms in total. The molecule has 14 heavy (non-hydrogen) atoms. The van der Waals surface area contributed by atoms with Gasteiger partial charge in [-0.05, 0) is 50.6 Å². The van der Waals surface area contributed by atoms with Crippen molar-refractivity contribution < 1.29 is 4.79 Å². The van der Waals surface area contributed by atoms with E-state index in [2.05, 4.69) is 5.32 Å². The van der Waals surface area contributed by atoms with Gasteiger partial charge >= 0.3 is 0 Å². The number of nitrogens with one attached hydrogen (secondary N) is 1. The average Bonchev–Trinajstić information content (AvgIpc) is 2.30. The topological polar surface area (TPSA) is 32.3 Å². The van der Waals surface area contributed by atoms with Gasteiger partial charge in [0.05, 0.1) is 0 Å². The molecule has 2 heterocycles. The summed E-state index contributed by atoms with van der Waals surface area (Å²) in [5.41, 5.74) is 0. The molecular weight excluding hydrogens is 176 g/mol. The standard InChI is InChI=1S/C11H20N2O/c14-9-13-7-3-11(4-8-13)10-1-5-12-6-2-10/h9-12H,1-8H2. The van der Waals surface area contributed by atoms with Crippen molar-refractivity contribution in [2.45, 2.75) is 25.7 Å². The van der Waals surface area contributed by atoms with Gasteiger partial charge in [0.25, 0.3) is 0 Å². The number of nitrogens with zero attached hydrogens (tertiary/aromatic N) is 1. The number of carbonyl (C=O) groups is 1. The van der Waals surface area contributed by atoms with Gasteiger partial charge in [-0.25, -0.2) is 0 Å². The number of hydrogen-bond donors (Lipinski definition) is 1. The summed E-state index contributed by atoms with van der Waals surface area (Å²) in [5, 5.41) is 3.41. The van der Waals surface area contributed by atoms with E-state index in [0.29, 0.717) is 0 Å². The number of likely N-dealkylation sites (tertiary alicyclic amines) is 1. The van der Waals surface area contributed by atoms with Crippen LogP contribution in [0.25, 0.3) is 0 Å². The number of carbonyl (C=O) groups excluding carboxylic acids is 1. The lowest BCUT2D eigenvalue weighted by molar-refractivity contribution is -0.119. The van der Waals surface area contributed by atoms with Crippen LogP contribution in [0.5, 0.6) is 0 Å². The molecule has 1 amide bonds. The predicted molar refractivity (Wildman–Crippen MR) is 56.0 cm³/mol. The Morgan fingerprint density at radius 1 is 1.00 bits per heavy atom. The maximum Gasteiger partial charge on any atom is 0.209 e. The van der Waals surface area contributed by atoms with Crippen LogP contribution in [0.1, 0.15) is 25.7 Å². The summed E-state index contributed by atoms with van der Waals surface area (Å²) in [6, 6.07) is 0. The molecule has 2 aliphatic rings. The summed E-state index contributed by atoms with van der Waals surface area (Å²) in [7, 11) is 0. The van der Waals surface area contributed by atoms with Crippen molar-refractivity contribution in [3.8, 4) is 0 Å². The Balaban J connectivity index is 1.78. The predicted octanol–water partition coefficient (Wildman–Crippen LogP) is 0.854. The van der Waals surface area contributed by atoms with Crippen molar-refractivity contribution in [3.63, 3.8) is 0 Å². The minimum Gasteiger partial charge on any atom is -0.345 e. The highest BCUT2D eigenvalue weighted by molar-refractivity contribution is 5.47. The molecule has 0 unspecified atom stereocenters. The maximum atomic E-state index is 10.6. The lowest BCUT2D eigenvalue weighted by Gasteiger charge is -2.36. The SMILES string of the molecule is O=CN1CCC(C2CCNCC2)CC1. The summed E-state index contributed by atoms with van der Waals surface area (Å²) < 4.78 is 0. The molecule has 0 atom stereocenters. The second-order valence-corrected chi connectivity index (χ2v) is 4.57. The van der Waals surface area contributed by atoms with Gasteiger partial charge < -0.3 is 10.2 Å². The summed E-state index contributed by atoms with van der Waals surface area (Å²) in [5.74, 6) is 1.80. The molecule has 2 aliphatic heterocycles. The normalized spacial score (nSPS) is 26.4. The molecule has 0 aromatic heterocycles. The van der Waals surface area contributed by atoms with E-state index >= 15 is 0 Å². The van der Waals surface area contributed by atoms with E-state index < -0.39 is 0 Å². The van der Waals surface area contributed by atoms with Gasteiger partial charge in [0.2, 0.25) is 6.41 Å². The molecule has 0 aromatic carbocycles. The largest absolute Gasteiger partial charge is 0.345 e. The zero-order valence-electron chi connectivity index (χ0n) is 8.74. The fourth-order valence-electron chi connectivity index (χ4n) is 2.81. The minimum atomic E-state index is 0.883. The first kappa shape index (κ1) is 9.97. The molecule has 0 saturated carbocycles. The first-order valence-electron chi connectivity index (χ1n) is 5.80. The number of piperidine rings is 2. The Morgan fingerprint density at radius 2 is 1.57 bits per heavy atom. The number of rotatable bonds is 2. The molecule has 0 radical (unpaired) electrons. The van der Waals surface area contributed by atoms with Crippen molar-refractivity contribution in [3.05, 3.63) is 0 Å². The lowest BCUT2D eigenvalue weighted by Crippen LogP contribution is -2.38. The maximum absolute atomic E-state index is 10.6. The number of hydrogen-bond acceptors (Lipinski definition) is 2. The Bertz CT molecular complexity index is 182. The monoisotopic (exact) mass is 196 g/mol. The molecule has 2 saturated heterocycles. The zero-order chi connectivity index (χ0) is 9.80. The van der Waals surface area contributed by atoms with Crippen LogP contribution < -0.4 is 5.32 Å². The zero-order valence-corrected chi connectivity index (χ0v) is 8.74. The van der Waals surface area contributed by atoms with Crippen LogP contribution >= 0.6 is 0 Å². The van der Waals surface area contributed by atoms with Crippen molar-refractivity contribution >= 4 is 6.41 Å². The lowest BCUT2D eigenvalue weighted by atomic mass is 9.79. The molecule has 2 rings (SSSR count). The fraction of sp³-hybridized carbons (Fsp3) is 0.909. The Labute approximate surface area is 85.8 Å².